The SMILES string of the molecule is CC(C)c1ccco1.CC(C)c1cscn1. The zero-order valence-corrected chi connectivity index (χ0v) is 11.1. The zero-order valence-electron chi connectivity index (χ0n) is 10.3. The summed E-state index contributed by atoms with van der Waals surface area (Å²) in [7, 11) is 0. The number of hydrogen-bond donors (Lipinski definition) is 0. The van der Waals surface area contributed by atoms with E-state index in [0.29, 0.717) is 11.8 Å². The summed E-state index contributed by atoms with van der Waals surface area (Å²) in [6, 6.07) is 3.90. The second-order valence-corrected chi connectivity index (χ2v) is 4.96. The molecule has 0 fully saturated rings. The van der Waals surface area contributed by atoms with Gasteiger partial charge >= 0.3 is 0 Å². The monoisotopic (exact) mass is 237 g/mol. The van der Waals surface area contributed by atoms with Crippen molar-refractivity contribution in [1.82, 2.24) is 4.98 Å². The van der Waals surface area contributed by atoms with Crippen LogP contribution in [0.3, 0.4) is 0 Å². The fourth-order valence-corrected chi connectivity index (χ4v) is 1.84. The van der Waals surface area contributed by atoms with Gasteiger partial charge in [-0.05, 0) is 18.1 Å². The first-order chi connectivity index (χ1) is 7.61. The summed E-state index contributed by atoms with van der Waals surface area (Å²) in [6.45, 7) is 8.52. The maximum absolute atomic E-state index is 5.09. The standard InChI is InChI=1S/C7H10O.C6H9NS/c1-6(2)7-4-3-5-8-7;1-5(2)6-3-8-4-7-6/h3-6H,1-2H3;3-5H,1-2H3. The molecule has 2 aromatic heterocycles. The van der Waals surface area contributed by atoms with Crippen LogP contribution in [-0.2, 0) is 0 Å². The Morgan fingerprint density at radius 1 is 1.19 bits per heavy atom. The van der Waals surface area contributed by atoms with Gasteiger partial charge in [-0.2, -0.15) is 0 Å². The first-order valence-electron chi connectivity index (χ1n) is 5.52. The lowest BCUT2D eigenvalue weighted by atomic mass is 10.2. The molecule has 0 aliphatic heterocycles. The van der Waals surface area contributed by atoms with Crippen LogP contribution in [0.15, 0.2) is 33.7 Å². The second kappa shape index (κ2) is 6.48. The van der Waals surface area contributed by atoms with E-state index in [1.807, 2.05) is 17.6 Å². The smallest absolute Gasteiger partial charge is 0.106 e. The highest BCUT2D eigenvalue weighted by atomic mass is 32.1. The van der Waals surface area contributed by atoms with E-state index in [2.05, 4.69) is 38.1 Å². The van der Waals surface area contributed by atoms with Crippen LogP contribution < -0.4 is 0 Å². The summed E-state index contributed by atoms with van der Waals surface area (Å²) < 4.78 is 5.09. The summed E-state index contributed by atoms with van der Waals surface area (Å²) >= 11 is 1.66. The molecule has 0 aromatic carbocycles. The number of hydrogen-bond acceptors (Lipinski definition) is 3. The molecule has 2 heterocycles. The zero-order chi connectivity index (χ0) is 12.0. The van der Waals surface area contributed by atoms with Gasteiger partial charge in [0.2, 0.25) is 0 Å². The van der Waals surface area contributed by atoms with E-state index in [4.69, 9.17) is 4.42 Å². The van der Waals surface area contributed by atoms with E-state index in [1.54, 1.807) is 17.6 Å². The molecule has 3 heteroatoms. The Morgan fingerprint density at radius 2 is 1.94 bits per heavy atom. The van der Waals surface area contributed by atoms with Gasteiger partial charge in [0.25, 0.3) is 0 Å². The molecule has 0 spiro atoms. The summed E-state index contributed by atoms with van der Waals surface area (Å²) in [5, 5.41) is 2.09. The van der Waals surface area contributed by atoms with Gasteiger partial charge in [0.05, 0.1) is 17.5 Å². The molecular weight excluding hydrogens is 218 g/mol. The normalized spacial score (nSPS) is 10.4. The van der Waals surface area contributed by atoms with Crippen LogP contribution in [0.1, 0.15) is 51.0 Å². The van der Waals surface area contributed by atoms with Gasteiger partial charge < -0.3 is 4.42 Å². The summed E-state index contributed by atoms with van der Waals surface area (Å²) in [6.07, 6.45) is 1.70. The Morgan fingerprint density at radius 3 is 2.19 bits per heavy atom. The van der Waals surface area contributed by atoms with Crippen molar-refractivity contribution in [2.45, 2.75) is 39.5 Å². The van der Waals surface area contributed by atoms with E-state index in [1.165, 1.54) is 5.69 Å². The van der Waals surface area contributed by atoms with Gasteiger partial charge in [-0.1, -0.05) is 27.7 Å². The maximum Gasteiger partial charge on any atom is 0.106 e. The molecule has 0 saturated carbocycles. The molecule has 16 heavy (non-hydrogen) atoms. The van der Waals surface area contributed by atoms with Crippen molar-refractivity contribution >= 4 is 11.3 Å². The van der Waals surface area contributed by atoms with Gasteiger partial charge in [0.15, 0.2) is 0 Å². The van der Waals surface area contributed by atoms with Gasteiger partial charge in [0, 0.05) is 11.3 Å². The molecular formula is C13H19NOS. The van der Waals surface area contributed by atoms with E-state index in [-0.39, 0.29) is 0 Å². The molecule has 88 valence electrons. The van der Waals surface area contributed by atoms with Gasteiger partial charge in [0.1, 0.15) is 5.76 Å². The number of aromatic nitrogens is 1. The van der Waals surface area contributed by atoms with Crippen molar-refractivity contribution in [2.75, 3.05) is 0 Å². The average molecular weight is 237 g/mol. The Hall–Kier alpha value is -1.09. The van der Waals surface area contributed by atoms with Gasteiger partial charge in [-0.3, -0.25) is 0 Å². The molecule has 0 bridgehead atoms. The number of thiazole rings is 1. The highest BCUT2D eigenvalue weighted by Crippen LogP contribution is 2.13. The van der Waals surface area contributed by atoms with Gasteiger partial charge in [-0.15, -0.1) is 11.3 Å². The summed E-state index contributed by atoms with van der Waals surface area (Å²) in [5.41, 5.74) is 3.07. The summed E-state index contributed by atoms with van der Waals surface area (Å²) in [4.78, 5) is 4.13. The van der Waals surface area contributed by atoms with Gasteiger partial charge in [-0.25, -0.2) is 4.98 Å². The molecule has 2 rings (SSSR count). The van der Waals surface area contributed by atoms with Crippen LogP contribution in [0.2, 0.25) is 0 Å². The number of rotatable bonds is 2. The quantitative estimate of drug-likeness (QED) is 0.758. The minimum Gasteiger partial charge on any atom is -0.469 e. The van der Waals surface area contributed by atoms with Crippen molar-refractivity contribution < 1.29 is 4.42 Å². The molecule has 0 saturated heterocycles. The Kier molecular flexibility index (Phi) is 5.26. The predicted molar refractivity (Wildman–Crippen MR) is 69.0 cm³/mol. The third kappa shape index (κ3) is 4.19. The van der Waals surface area contributed by atoms with Crippen LogP contribution in [0.25, 0.3) is 0 Å². The highest BCUT2D eigenvalue weighted by Gasteiger charge is 1.98. The lowest BCUT2D eigenvalue weighted by molar-refractivity contribution is 0.487. The number of furan rings is 1. The van der Waals surface area contributed by atoms with Crippen LogP contribution in [0.5, 0.6) is 0 Å². The largest absolute Gasteiger partial charge is 0.469 e. The summed E-state index contributed by atoms with van der Waals surface area (Å²) in [5.74, 6) is 2.16. The third-order valence-electron chi connectivity index (χ3n) is 2.16. The number of nitrogens with zero attached hydrogens (tertiary/aromatic N) is 1. The topological polar surface area (TPSA) is 26.0 Å². The van der Waals surface area contributed by atoms with Crippen molar-refractivity contribution in [3.05, 3.63) is 40.7 Å². The van der Waals surface area contributed by atoms with Crippen molar-refractivity contribution in [2.24, 2.45) is 0 Å². The van der Waals surface area contributed by atoms with Crippen LogP contribution in [0.4, 0.5) is 0 Å². The second-order valence-electron chi connectivity index (χ2n) is 4.24. The molecule has 2 nitrogen and oxygen atoms in total. The highest BCUT2D eigenvalue weighted by molar-refractivity contribution is 7.07. The minimum atomic E-state index is 0.519. The van der Waals surface area contributed by atoms with E-state index in [9.17, 15) is 0 Å². The Bertz CT molecular complexity index is 324. The molecule has 0 aliphatic carbocycles. The molecule has 2 aromatic rings. The fourth-order valence-electron chi connectivity index (χ4n) is 1.13. The lowest BCUT2D eigenvalue weighted by Crippen LogP contribution is -1.83. The molecule has 0 aliphatic rings. The molecule has 0 amide bonds. The Balaban J connectivity index is 0.000000160. The molecule has 0 unspecified atom stereocenters. The van der Waals surface area contributed by atoms with Crippen LogP contribution >= 0.6 is 11.3 Å². The Labute approximate surface area is 101 Å². The molecule has 0 atom stereocenters. The van der Waals surface area contributed by atoms with Crippen molar-refractivity contribution in [1.29, 1.82) is 0 Å². The van der Waals surface area contributed by atoms with E-state index in [0.717, 1.165) is 5.76 Å². The van der Waals surface area contributed by atoms with E-state index >= 15 is 0 Å². The first kappa shape index (κ1) is 13.0. The van der Waals surface area contributed by atoms with Crippen molar-refractivity contribution in [3.8, 4) is 0 Å². The van der Waals surface area contributed by atoms with Crippen LogP contribution in [-0.4, -0.2) is 4.98 Å². The van der Waals surface area contributed by atoms with Crippen molar-refractivity contribution in [3.63, 3.8) is 0 Å². The first-order valence-corrected chi connectivity index (χ1v) is 6.47. The predicted octanol–water partition coefficient (Wildman–Crippen LogP) is 4.67. The lowest BCUT2D eigenvalue weighted by Gasteiger charge is -1.94. The van der Waals surface area contributed by atoms with E-state index < -0.39 is 0 Å². The molecule has 0 radical (unpaired) electrons. The third-order valence-corrected chi connectivity index (χ3v) is 2.76. The minimum absolute atomic E-state index is 0.519. The van der Waals surface area contributed by atoms with Crippen LogP contribution in [0, 0.1) is 0 Å². The molecule has 0 N–H and O–H groups in total. The fraction of sp³-hybridized carbons (Fsp3) is 0.462. The average Bonchev–Trinajstić information content (AvgIpc) is 2.93. The maximum atomic E-state index is 5.09.